The molecule has 0 atom stereocenters. The highest BCUT2D eigenvalue weighted by molar-refractivity contribution is 4.89. The summed E-state index contributed by atoms with van der Waals surface area (Å²) in [5, 5.41) is 13.1. The van der Waals surface area contributed by atoms with Gasteiger partial charge < -0.3 is 10.4 Å². The monoisotopic (exact) mass is 199 g/mol. The lowest BCUT2D eigenvalue weighted by Crippen LogP contribution is -2.49. The molecule has 0 aromatic heterocycles. The van der Waals surface area contributed by atoms with Crippen molar-refractivity contribution in [3.05, 3.63) is 0 Å². The molecule has 0 aromatic carbocycles. The van der Waals surface area contributed by atoms with E-state index >= 15 is 0 Å². The van der Waals surface area contributed by atoms with Crippen molar-refractivity contribution in [3.8, 4) is 0 Å². The third-order valence-corrected chi connectivity index (χ3v) is 3.22. The largest absolute Gasteiger partial charge is 0.394 e. The van der Waals surface area contributed by atoms with E-state index in [0.717, 1.165) is 38.1 Å². The maximum absolute atomic E-state index is 9.51. The Morgan fingerprint density at radius 2 is 1.79 bits per heavy atom. The molecule has 0 bridgehead atoms. The predicted octanol–water partition coefficient (Wildman–Crippen LogP) is 2.32. The summed E-state index contributed by atoms with van der Waals surface area (Å²) in [6, 6.07) is 0. The van der Waals surface area contributed by atoms with Gasteiger partial charge in [-0.3, -0.25) is 0 Å². The van der Waals surface area contributed by atoms with E-state index in [1.54, 1.807) is 0 Å². The molecule has 0 heterocycles. The van der Waals surface area contributed by atoms with Crippen LogP contribution in [-0.4, -0.2) is 23.8 Å². The Kier molecular flexibility index (Phi) is 4.90. The number of hydrogen-bond acceptors (Lipinski definition) is 2. The normalized spacial score (nSPS) is 17.4. The Labute approximate surface area is 88.1 Å². The maximum atomic E-state index is 9.51. The second-order valence-corrected chi connectivity index (χ2v) is 4.76. The first-order valence-corrected chi connectivity index (χ1v) is 6.12. The molecule has 0 unspecified atom stereocenters. The van der Waals surface area contributed by atoms with Crippen molar-refractivity contribution in [2.45, 2.75) is 57.9 Å². The van der Waals surface area contributed by atoms with Gasteiger partial charge in [-0.05, 0) is 38.1 Å². The molecule has 0 spiro atoms. The van der Waals surface area contributed by atoms with E-state index in [9.17, 15) is 5.11 Å². The summed E-state index contributed by atoms with van der Waals surface area (Å²) in [6.07, 6.45) is 7.27. The van der Waals surface area contributed by atoms with E-state index in [-0.39, 0.29) is 5.54 Å². The van der Waals surface area contributed by atoms with E-state index < -0.39 is 0 Å². The molecule has 0 amide bonds. The Hall–Kier alpha value is -0.0800. The van der Waals surface area contributed by atoms with Crippen molar-refractivity contribution in [2.24, 2.45) is 5.92 Å². The molecule has 2 nitrogen and oxygen atoms in total. The van der Waals surface area contributed by atoms with Crippen molar-refractivity contribution in [1.29, 1.82) is 0 Å². The molecule has 0 saturated heterocycles. The minimum Gasteiger partial charge on any atom is -0.394 e. The smallest absolute Gasteiger partial charge is 0.0613 e. The van der Waals surface area contributed by atoms with Gasteiger partial charge in [0, 0.05) is 5.54 Å². The van der Waals surface area contributed by atoms with Gasteiger partial charge in [-0.25, -0.2) is 0 Å². The van der Waals surface area contributed by atoms with E-state index in [1.165, 1.54) is 12.8 Å². The second-order valence-electron chi connectivity index (χ2n) is 4.76. The predicted molar refractivity (Wildman–Crippen MR) is 60.4 cm³/mol. The van der Waals surface area contributed by atoms with Crippen molar-refractivity contribution in [1.82, 2.24) is 5.32 Å². The second kappa shape index (κ2) is 5.72. The molecule has 1 aliphatic carbocycles. The third kappa shape index (κ3) is 3.58. The quantitative estimate of drug-likeness (QED) is 0.629. The van der Waals surface area contributed by atoms with Gasteiger partial charge in [0.1, 0.15) is 0 Å². The molecule has 1 aliphatic rings. The molecule has 0 radical (unpaired) electrons. The van der Waals surface area contributed by atoms with Crippen LogP contribution in [0.3, 0.4) is 0 Å². The lowest BCUT2D eigenvalue weighted by Gasteiger charge is -2.33. The van der Waals surface area contributed by atoms with Crippen molar-refractivity contribution >= 4 is 0 Å². The van der Waals surface area contributed by atoms with E-state index in [4.69, 9.17) is 0 Å². The summed E-state index contributed by atoms with van der Waals surface area (Å²) in [5.74, 6) is 0.898. The summed E-state index contributed by atoms with van der Waals surface area (Å²) < 4.78 is 0. The number of aliphatic hydroxyl groups excluding tert-OH is 1. The van der Waals surface area contributed by atoms with Crippen LogP contribution in [0, 0.1) is 5.92 Å². The standard InChI is InChI=1S/C12H25NO/c1-3-7-12(10-14,8-4-2)13-9-11-5-6-11/h11,13-14H,3-10H2,1-2H3. The molecule has 1 fully saturated rings. The topological polar surface area (TPSA) is 32.3 Å². The van der Waals surface area contributed by atoms with Crippen LogP contribution in [0.4, 0.5) is 0 Å². The fourth-order valence-corrected chi connectivity index (χ4v) is 2.16. The lowest BCUT2D eigenvalue weighted by molar-refractivity contribution is 0.139. The first-order valence-electron chi connectivity index (χ1n) is 6.12. The van der Waals surface area contributed by atoms with Gasteiger partial charge >= 0.3 is 0 Å². The third-order valence-electron chi connectivity index (χ3n) is 3.22. The van der Waals surface area contributed by atoms with Crippen LogP contribution < -0.4 is 5.32 Å². The number of aliphatic hydroxyl groups is 1. The van der Waals surface area contributed by atoms with Gasteiger partial charge in [0.2, 0.25) is 0 Å². The van der Waals surface area contributed by atoms with E-state index in [0.29, 0.717) is 6.61 Å². The first kappa shape index (κ1) is 12.0. The van der Waals surface area contributed by atoms with Gasteiger partial charge in [-0.1, -0.05) is 26.7 Å². The van der Waals surface area contributed by atoms with Crippen LogP contribution in [0.5, 0.6) is 0 Å². The lowest BCUT2D eigenvalue weighted by atomic mass is 9.89. The Morgan fingerprint density at radius 1 is 1.21 bits per heavy atom. The molecule has 1 rings (SSSR count). The first-order chi connectivity index (χ1) is 6.76. The van der Waals surface area contributed by atoms with E-state index in [2.05, 4.69) is 19.2 Å². The summed E-state index contributed by atoms with van der Waals surface area (Å²) in [6.45, 7) is 5.79. The van der Waals surface area contributed by atoms with Crippen molar-refractivity contribution < 1.29 is 5.11 Å². The SMILES string of the molecule is CCCC(CO)(CCC)NCC1CC1. The van der Waals surface area contributed by atoms with Crippen LogP contribution in [0.1, 0.15) is 52.4 Å². The molecule has 84 valence electrons. The fraction of sp³-hybridized carbons (Fsp3) is 1.00. The average Bonchev–Trinajstić information content (AvgIpc) is 2.98. The average molecular weight is 199 g/mol. The number of nitrogens with one attached hydrogen (secondary N) is 1. The summed E-state index contributed by atoms with van der Waals surface area (Å²) in [4.78, 5) is 0. The van der Waals surface area contributed by atoms with Crippen LogP contribution in [0.25, 0.3) is 0 Å². The fourth-order valence-electron chi connectivity index (χ4n) is 2.16. The van der Waals surface area contributed by atoms with Crippen molar-refractivity contribution in [3.63, 3.8) is 0 Å². The van der Waals surface area contributed by atoms with Gasteiger partial charge in [0.05, 0.1) is 6.61 Å². The molecule has 0 aromatic rings. The van der Waals surface area contributed by atoms with Crippen LogP contribution in [0.15, 0.2) is 0 Å². The Bertz CT molecular complexity index is 148. The van der Waals surface area contributed by atoms with Gasteiger partial charge in [-0.15, -0.1) is 0 Å². The Balaban J connectivity index is 2.37. The number of hydrogen-bond donors (Lipinski definition) is 2. The zero-order chi connectivity index (χ0) is 10.4. The minimum atomic E-state index is 0.0199. The highest BCUT2D eigenvalue weighted by atomic mass is 16.3. The molecular formula is C12H25NO. The van der Waals surface area contributed by atoms with Crippen LogP contribution in [0.2, 0.25) is 0 Å². The minimum absolute atomic E-state index is 0.0199. The van der Waals surface area contributed by atoms with Gasteiger partial charge in [0.15, 0.2) is 0 Å². The molecule has 0 aliphatic heterocycles. The highest BCUT2D eigenvalue weighted by Gasteiger charge is 2.30. The van der Waals surface area contributed by atoms with Gasteiger partial charge in [-0.2, -0.15) is 0 Å². The van der Waals surface area contributed by atoms with Gasteiger partial charge in [0.25, 0.3) is 0 Å². The summed E-state index contributed by atoms with van der Waals surface area (Å²) in [5.41, 5.74) is 0.0199. The zero-order valence-electron chi connectivity index (χ0n) is 9.68. The molecule has 2 N–H and O–H groups in total. The molecular weight excluding hydrogens is 174 g/mol. The molecule has 2 heteroatoms. The zero-order valence-corrected chi connectivity index (χ0v) is 9.68. The molecule has 1 saturated carbocycles. The Morgan fingerprint density at radius 3 is 2.14 bits per heavy atom. The highest BCUT2D eigenvalue weighted by Crippen LogP contribution is 2.29. The van der Waals surface area contributed by atoms with Crippen molar-refractivity contribution in [2.75, 3.05) is 13.2 Å². The van der Waals surface area contributed by atoms with E-state index in [1.807, 2.05) is 0 Å². The van der Waals surface area contributed by atoms with Crippen LogP contribution in [-0.2, 0) is 0 Å². The van der Waals surface area contributed by atoms with Crippen LogP contribution >= 0.6 is 0 Å². The summed E-state index contributed by atoms with van der Waals surface area (Å²) >= 11 is 0. The molecule has 14 heavy (non-hydrogen) atoms. The maximum Gasteiger partial charge on any atom is 0.0613 e. The number of rotatable bonds is 8. The summed E-state index contributed by atoms with van der Waals surface area (Å²) in [7, 11) is 0.